The van der Waals surface area contributed by atoms with Crippen LogP contribution in [0.3, 0.4) is 0 Å². The molecule has 0 aliphatic heterocycles. The third-order valence-electron chi connectivity index (χ3n) is 2.28. The van der Waals surface area contributed by atoms with Gasteiger partial charge in [-0.25, -0.2) is 9.97 Å². The molecule has 5 heteroatoms. The van der Waals surface area contributed by atoms with Gasteiger partial charge in [0.15, 0.2) is 5.82 Å². The number of aliphatic hydroxyl groups excluding tert-OH is 1. The topological polar surface area (TPSA) is 55.2 Å². The van der Waals surface area contributed by atoms with Crippen LogP contribution in [0, 0.1) is 0 Å². The molecule has 1 heterocycles. The maximum absolute atomic E-state index is 9.02. The van der Waals surface area contributed by atoms with Crippen molar-refractivity contribution in [3.63, 3.8) is 0 Å². The number of ether oxygens (including phenoxy) is 1. The number of hydrogen-bond donors (Lipinski definition) is 1. The molecule has 1 aromatic heterocycles. The van der Waals surface area contributed by atoms with Crippen LogP contribution >= 0.6 is 15.9 Å². The quantitative estimate of drug-likeness (QED) is 0.944. The van der Waals surface area contributed by atoms with E-state index in [4.69, 9.17) is 9.84 Å². The first-order chi connectivity index (χ1) is 8.24. The average Bonchev–Trinajstić information content (AvgIpc) is 2.39. The van der Waals surface area contributed by atoms with Gasteiger partial charge in [0.05, 0.1) is 12.8 Å². The summed E-state index contributed by atoms with van der Waals surface area (Å²) in [6.45, 7) is -0.176. The summed E-state index contributed by atoms with van der Waals surface area (Å²) >= 11 is 3.41. The number of aromatic nitrogens is 2. The van der Waals surface area contributed by atoms with Crippen molar-refractivity contribution in [3.8, 4) is 17.0 Å². The van der Waals surface area contributed by atoms with Gasteiger partial charge in [0.1, 0.15) is 12.4 Å². The second-order valence-corrected chi connectivity index (χ2v) is 4.28. The molecule has 88 valence electrons. The standard InChI is InChI=1S/C12H11BrN2O2/c1-17-11-3-2-8(13)6-9(11)10-4-5-14-12(7-16)15-10/h2-6,16H,7H2,1H3. The number of aliphatic hydroxyl groups is 1. The molecule has 2 aromatic rings. The van der Waals surface area contributed by atoms with Crippen LogP contribution in [0.1, 0.15) is 5.82 Å². The highest BCUT2D eigenvalue weighted by Gasteiger charge is 2.08. The van der Waals surface area contributed by atoms with Crippen LogP contribution in [0.25, 0.3) is 11.3 Å². The van der Waals surface area contributed by atoms with E-state index in [9.17, 15) is 0 Å². The van der Waals surface area contributed by atoms with Gasteiger partial charge in [0, 0.05) is 16.2 Å². The molecule has 0 aliphatic rings. The van der Waals surface area contributed by atoms with Crippen LogP contribution in [-0.2, 0) is 6.61 Å². The number of methoxy groups -OCH3 is 1. The highest BCUT2D eigenvalue weighted by Crippen LogP contribution is 2.31. The molecule has 0 fully saturated rings. The van der Waals surface area contributed by atoms with E-state index in [0.29, 0.717) is 5.82 Å². The molecule has 2 rings (SSSR count). The number of rotatable bonds is 3. The minimum Gasteiger partial charge on any atom is -0.496 e. The van der Waals surface area contributed by atoms with Crippen LogP contribution < -0.4 is 4.74 Å². The minimum atomic E-state index is -0.176. The zero-order chi connectivity index (χ0) is 12.3. The third kappa shape index (κ3) is 2.62. The average molecular weight is 295 g/mol. The fraction of sp³-hybridized carbons (Fsp3) is 0.167. The normalized spacial score (nSPS) is 10.3. The van der Waals surface area contributed by atoms with Crippen molar-refractivity contribution in [1.29, 1.82) is 0 Å². The van der Waals surface area contributed by atoms with E-state index in [-0.39, 0.29) is 6.61 Å². The summed E-state index contributed by atoms with van der Waals surface area (Å²) in [5, 5.41) is 9.02. The lowest BCUT2D eigenvalue weighted by atomic mass is 10.1. The molecule has 4 nitrogen and oxygen atoms in total. The zero-order valence-electron chi connectivity index (χ0n) is 9.22. The van der Waals surface area contributed by atoms with Crippen molar-refractivity contribution < 1.29 is 9.84 Å². The van der Waals surface area contributed by atoms with Gasteiger partial charge in [-0.3, -0.25) is 0 Å². The predicted molar refractivity (Wildman–Crippen MR) is 67.6 cm³/mol. The highest BCUT2D eigenvalue weighted by atomic mass is 79.9. The first kappa shape index (κ1) is 12.0. The molecule has 0 radical (unpaired) electrons. The summed E-state index contributed by atoms with van der Waals surface area (Å²) in [5.41, 5.74) is 1.58. The molecule has 1 aromatic carbocycles. The summed E-state index contributed by atoms with van der Waals surface area (Å²) in [6, 6.07) is 7.46. The second kappa shape index (κ2) is 5.25. The number of nitrogens with zero attached hydrogens (tertiary/aromatic N) is 2. The van der Waals surface area contributed by atoms with Gasteiger partial charge >= 0.3 is 0 Å². The fourth-order valence-corrected chi connectivity index (χ4v) is 1.87. The molecule has 0 saturated heterocycles. The van der Waals surface area contributed by atoms with Gasteiger partial charge in [0.2, 0.25) is 0 Å². The molecule has 0 atom stereocenters. The van der Waals surface area contributed by atoms with Crippen molar-refractivity contribution in [2.75, 3.05) is 7.11 Å². The lowest BCUT2D eigenvalue weighted by Gasteiger charge is -2.08. The fourth-order valence-electron chi connectivity index (χ4n) is 1.51. The van der Waals surface area contributed by atoms with Gasteiger partial charge in [-0.2, -0.15) is 0 Å². The zero-order valence-corrected chi connectivity index (χ0v) is 10.8. The largest absolute Gasteiger partial charge is 0.496 e. The van der Waals surface area contributed by atoms with Crippen LogP contribution in [0.5, 0.6) is 5.75 Å². The van der Waals surface area contributed by atoms with Crippen molar-refractivity contribution in [3.05, 3.63) is 40.8 Å². The summed E-state index contributed by atoms with van der Waals surface area (Å²) in [6.07, 6.45) is 1.62. The van der Waals surface area contributed by atoms with Gasteiger partial charge in [-0.15, -0.1) is 0 Å². The monoisotopic (exact) mass is 294 g/mol. The molecule has 0 saturated carbocycles. The molecule has 0 aliphatic carbocycles. The Morgan fingerprint density at radius 2 is 2.18 bits per heavy atom. The Bertz CT molecular complexity index is 532. The third-order valence-corrected chi connectivity index (χ3v) is 2.78. The summed E-state index contributed by atoms with van der Waals surface area (Å²) in [5.74, 6) is 1.13. The number of halogens is 1. The number of benzene rings is 1. The summed E-state index contributed by atoms with van der Waals surface area (Å²) in [4.78, 5) is 8.20. The van der Waals surface area contributed by atoms with Crippen LogP contribution in [0.4, 0.5) is 0 Å². The lowest BCUT2D eigenvalue weighted by molar-refractivity contribution is 0.271. The molecular formula is C12H11BrN2O2. The molecule has 0 spiro atoms. The summed E-state index contributed by atoms with van der Waals surface area (Å²) in [7, 11) is 1.61. The lowest BCUT2D eigenvalue weighted by Crippen LogP contribution is -1.97. The van der Waals surface area contributed by atoms with E-state index in [1.54, 1.807) is 19.4 Å². The molecule has 0 unspecified atom stereocenters. The van der Waals surface area contributed by atoms with E-state index in [1.165, 1.54) is 0 Å². The first-order valence-corrected chi connectivity index (χ1v) is 5.80. The van der Waals surface area contributed by atoms with Crippen molar-refractivity contribution in [1.82, 2.24) is 9.97 Å². The highest BCUT2D eigenvalue weighted by molar-refractivity contribution is 9.10. The van der Waals surface area contributed by atoms with Crippen LogP contribution in [-0.4, -0.2) is 22.2 Å². The van der Waals surface area contributed by atoms with Gasteiger partial charge in [-0.05, 0) is 24.3 Å². The van der Waals surface area contributed by atoms with E-state index in [1.807, 2.05) is 18.2 Å². The Balaban J connectivity index is 2.54. The first-order valence-electron chi connectivity index (χ1n) is 5.01. The van der Waals surface area contributed by atoms with E-state index in [0.717, 1.165) is 21.5 Å². The predicted octanol–water partition coefficient (Wildman–Crippen LogP) is 2.41. The van der Waals surface area contributed by atoms with Crippen molar-refractivity contribution >= 4 is 15.9 Å². The smallest absolute Gasteiger partial charge is 0.154 e. The maximum Gasteiger partial charge on any atom is 0.154 e. The van der Waals surface area contributed by atoms with Gasteiger partial charge < -0.3 is 9.84 Å². The summed E-state index contributed by atoms with van der Waals surface area (Å²) < 4.78 is 6.23. The van der Waals surface area contributed by atoms with Crippen LogP contribution in [0.15, 0.2) is 34.9 Å². The maximum atomic E-state index is 9.02. The van der Waals surface area contributed by atoms with Crippen molar-refractivity contribution in [2.45, 2.75) is 6.61 Å². The van der Waals surface area contributed by atoms with E-state index < -0.39 is 0 Å². The Morgan fingerprint density at radius 3 is 2.88 bits per heavy atom. The Kier molecular flexibility index (Phi) is 3.71. The molecule has 0 amide bonds. The van der Waals surface area contributed by atoms with Gasteiger partial charge in [0.25, 0.3) is 0 Å². The van der Waals surface area contributed by atoms with E-state index in [2.05, 4.69) is 25.9 Å². The molecular weight excluding hydrogens is 284 g/mol. The molecule has 1 N–H and O–H groups in total. The van der Waals surface area contributed by atoms with Crippen LogP contribution in [0.2, 0.25) is 0 Å². The number of hydrogen-bond acceptors (Lipinski definition) is 4. The Hall–Kier alpha value is -1.46. The van der Waals surface area contributed by atoms with Gasteiger partial charge in [-0.1, -0.05) is 15.9 Å². The minimum absolute atomic E-state index is 0.176. The SMILES string of the molecule is COc1ccc(Br)cc1-c1ccnc(CO)n1. The second-order valence-electron chi connectivity index (χ2n) is 3.36. The molecule has 0 bridgehead atoms. The van der Waals surface area contributed by atoms with E-state index >= 15 is 0 Å². The van der Waals surface area contributed by atoms with Crippen molar-refractivity contribution in [2.24, 2.45) is 0 Å². The Labute approximate surface area is 107 Å². The molecule has 17 heavy (non-hydrogen) atoms. The Morgan fingerprint density at radius 1 is 1.35 bits per heavy atom.